The summed E-state index contributed by atoms with van der Waals surface area (Å²) in [7, 11) is 0. The molecule has 0 heterocycles. The lowest BCUT2D eigenvalue weighted by molar-refractivity contribution is 0.0839. The van der Waals surface area contributed by atoms with Gasteiger partial charge in [-0.05, 0) is 0 Å². The smallest absolute Gasteiger partial charge is 0.187 e. The molecule has 0 atom stereocenters. The van der Waals surface area contributed by atoms with Crippen molar-refractivity contribution >= 4 is 11.6 Å². The van der Waals surface area contributed by atoms with Crippen LogP contribution in [0.3, 0.4) is 0 Å². The van der Waals surface area contributed by atoms with Gasteiger partial charge < -0.3 is 5.73 Å². The SMILES string of the molecule is NCCNC(C(=O)c1ccccc1)C(=O)c1ccccc1. The zero-order valence-corrected chi connectivity index (χ0v) is 11.7. The minimum absolute atomic E-state index is 0.238. The Bertz CT molecular complexity index is 545. The fraction of sp³-hybridized carbons (Fsp3) is 0.176. The number of carbonyl (C=O) groups is 2. The van der Waals surface area contributed by atoms with E-state index in [4.69, 9.17) is 5.73 Å². The van der Waals surface area contributed by atoms with E-state index in [1.165, 1.54) is 0 Å². The molecular formula is C17H18N2O2. The lowest BCUT2D eigenvalue weighted by Gasteiger charge is -2.16. The fourth-order valence-electron chi connectivity index (χ4n) is 2.07. The second-order valence-corrected chi connectivity index (χ2v) is 4.64. The molecule has 4 nitrogen and oxygen atoms in total. The first-order valence-electron chi connectivity index (χ1n) is 6.86. The molecule has 0 aliphatic carbocycles. The highest BCUT2D eigenvalue weighted by molar-refractivity contribution is 6.19. The van der Waals surface area contributed by atoms with E-state index in [9.17, 15) is 9.59 Å². The number of hydrogen-bond acceptors (Lipinski definition) is 4. The number of nitrogens with one attached hydrogen (secondary N) is 1. The number of nitrogens with two attached hydrogens (primary N) is 1. The van der Waals surface area contributed by atoms with Crippen molar-refractivity contribution in [3.63, 3.8) is 0 Å². The van der Waals surface area contributed by atoms with Gasteiger partial charge in [-0.2, -0.15) is 0 Å². The molecule has 4 heteroatoms. The monoisotopic (exact) mass is 282 g/mol. The van der Waals surface area contributed by atoms with Gasteiger partial charge in [0.1, 0.15) is 6.04 Å². The maximum atomic E-state index is 12.5. The molecule has 108 valence electrons. The second kappa shape index (κ2) is 7.47. The minimum Gasteiger partial charge on any atom is -0.329 e. The average Bonchev–Trinajstić information content (AvgIpc) is 2.56. The molecule has 2 aromatic carbocycles. The number of Topliss-reactive ketones (excluding diaryl/α,β-unsaturated/α-hetero) is 2. The van der Waals surface area contributed by atoms with Gasteiger partial charge in [0.15, 0.2) is 11.6 Å². The number of ketones is 2. The molecule has 3 N–H and O–H groups in total. The number of hydrogen-bond donors (Lipinski definition) is 2. The van der Waals surface area contributed by atoms with E-state index in [0.29, 0.717) is 24.2 Å². The summed E-state index contributed by atoms with van der Waals surface area (Å²) in [6.07, 6.45) is 0. The van der Waals surface area contributed by atoms with Crippen molar-refractivity contribution < 1.29 is 9.59 Å². The van der Waals surface area contributed by atoms with Gasteiger partial charge in [0.05, 0.1) is 0 Å². The first kappa shape index (κ1) is 15.1. The summed E-state index contributed by atoms with van der Waals surface area (Å²) in [6.45, 7) is 0.766. The van der Waals surface area contributed by atoms with Crippen LogP contribution in [0.15, 0.2) is 60.7 Å². The Morgan fingerprint density at radius 2 is 1.29 bits per heavy atom. The van der Waals surface area contributed by atoms with Crippen molar-refractivity contribution in [1.82, 2.24) is 5.32 Å². The van der Waals surface area contributed by atoms with Crippen molar-refractivity contribution in [2.75, 3.05) is 13.1 Å². The Morgan fingerprint density at radius 1 is 0.857 bits per heavy atom. The minimum atomic E-state index is -0.904. The summed E-state index contributed by atoms with van der Waals surface area (Å²) in [6, 6.07) is 16.7. The van der Waals surface area contributed by atoms with Crippen LogP contribution in [0.1, 0.15) is 20.7 Å². The van der Waals surface area contributed by atoms with Crippen LogP contribution in [0.2, 0.25) is 0 Å². The third-order valence-electron chi connectivity index (χ3n) is 3.13. The normalized spacial score (nSPS) is 10.6. The molecule has 0 aliphatic heterocycles. The van der Waals surface area contributed by atoms with Crippen molar-refractivity contribution in [3.05, 3.63) is 71.8 Å². The van der Waals surface area contributed by atoms with Crippen LogP contribution in [0.5, 0.6) is 0 Å². The summed E-state index contributed by atoms with van der Waals surface area (Å²) in [5.74, 6) is -0.476. The van der Waals surface area contributed by atoms with Gasteiger partial charge in [-0.15, -0.1) is 0 Å². The quantitative estimate of drug-likeness (QED) is 0.598. The van der Waals surface area contributed by atoms with Gasteiger partial charge in [-0.1, -0.05) is 60.7 Å². The van der Waals surface area contributed by atoms with Gasteiger partial charge in [-0.25, -0.2) is 0 Å². The maximum Gasteiger partial charge on any atom is 0.187 e. The molecule has 0 bridgehead atoms. The fourth-order valence-corrected chi connectivity index (χ4v) is 2.07. The molecule has 2 aromatic rings. The lowest BCUT2D eigenvalue weighted by Crippen LogP contribution is -2.45. The second-order valence-electron chi connectivity index (χ2n) is 4.64. The molecule has 0 fully saturated rings. The highest BCUT2D eigenvalue weighted by atomic mass is 16.2. The predicted octanol–water partition coefficient (Wildman–Crippen LogP) is 1.67. The zero-order chi connectivity index (χ0) is 15.1. The highest BCUT2D eigenvalue weighted by Crippen LogP contribution is 2.09. The van der Waals surface area contributed by atoms with E-state index < -0.39 is 6.04 Å². The molecule has 0 aliphatic rings. The number of benzene rings is 2. The van der Waals surface area contributed by atoms with Crippen molar-refractivity contribution in [2.24, 2.45) is 5.73 Å². The zero-order valence-electron chi connectivity index (χ0n) is 11.7. The number of carbonyl (C=O) groups excluding carboxylic acids is 2. The lowest BCUT2D eigenvalue weighted by atomic mass is 9.96. The van der Waals surface area contributed by atoms with E-state index in [1.807, 2.05) is 12.1 Å². The summed E-state index contributed by atoms with van der Waals surface area (Å²) in [4.78, 5) is 25.1. The molecule has 0 unspecified atom stereocenters. The summed E-state index contributed by atoms with van der Waals surface area (Å²) >= 11 is 0. The Labute approximate surface area is 124 Å². The van der Waals surface area contributed by atoms with Gasteiger partial charge in [-0.3, -0.25) is 14.9 Å². The molecule has 0 saturated carbocycles. The van der Waals surface area contributed by atoms with Gasteiger partial charge >= 0.3 is 0 Å². The van der Waals surface area contributed by atoms with Crippen molar-refractivity contribution in [3.8, 4) is 0 Å². The molecule has 0 saturated heterocycles. The molecule has 0 aromatic heterocycles. The van der Waals surface area contributed by atoms with Crippen molar-refractivity contribution in [1.29, 1.82) is 0 Å². The topological polar surface area (TPSA) is 72.2 Å². The van der Waals surface area contributed by atoms with Crippen LogP contribution in [-0.2, 0) is 0 Å². The van der Waals surface area contributed by atoms with E-state index in [2.05, 4.69) is 5.32 Å². The maximum absolute atomic E-state index is 12.5. The van der Waals surface area contributed by atoms with Crippen LogP contribution < -0.4 is 11.1 Å². The largest absolute Gasteiger partial charge is 0.329 e. The Morgan fingerprint density at radius 3 is 1.67 bits per heavy atom. The molecule has 0 radical (unpaired) electrons. The third kappa shape index (κ3) is 3.84. The highest BCUT2D eigenvalue weighted by Gasteiger charge is 2.27. The van der Waals surface area contributed by atoms with E-state index in [0.717, 1.165) is 0 Å². The summed E-state index contributed by atoms with van der Waals surface area (Å²) in [5.41, 5.74) is 6.49. The van der Waals surface area contributed by atoms with E-state index >= 15 is 0 Å². The molecule has 21 heavy (non-hydrogen) atoms. The first-order chi connectivity index (χ1) is 10.2. The Balaban J connectivity index is 2.26. The molecular weight excluding hydrogens is 264 g/mol. The van der Waals surface area contributed by atoms with Gasteiger partial charge in [0.2, 0.25) is 0 Å². The van der Waals surface area contributed by atoms with E-state index in [-0.39, 0.29) is 11.6 Å². The average molecular weight is 282 g/mol. The van der Waals surface area contributed by atoms with Gasteiger partial charge in [0.25, 0.3) is 0 Å². The van der Waals surface area contributed by atoms with E-state index in [1.54, 1.807) is 48.5 Å². The summed E-state index contributed by atoms with van der Waals surface area (Å²) in [5, 5.41) is 2.94. The third-order valence-corrected chi connectivity index (χ3v) is 3.13. The van der Waals surface area contributed by atoms with Crippen molar-refractivity contribution in [2.45, 2.75) is 6.04 Å². The first-order valence-corrected chi connectivity index (χ1v) is 6.86. The Kier molecular flexibility index (Phi) is 5.37. The van der Waals surface area contributed by atoms with Crippen LogP contribution in [0.4, 0.5) is 0 Å². The van der Waals surface area contributed by atoms with Crippen LogP contribution in [-0.4, -0.2) is 30.7 Å². The van der Waals surface area contributed by atoms with Crippen LogP contribution >= 0.6 is 0 Å². The Hall–Kier alpha value is -2.30. The predicted molar refractivity (Wildman–Crippen MR) is 82.4 cm³/mol. The summed E-state index contributed by atoms with van der Waals surface area (Å²) < 4.78 is 0. The van der Waals surface area contributed by atoms with Crippen LogP contribution in [0.25, 0.3) is 0 Å². The molecule has 2 rings (SSSR count). The number of rotatable bonds is 7. The molecule has 0 amide bonds. The standard InChI is InChI=1S/C17H18N2O2/c18-11-12-19-15(16(20)13-7-3-1-4-8-13)17(21)14-9-5-2-6-10-14/h1-10,15,19H,11-12,18H2. The van der Waals surface area contributed by atoms with Gasteiger partial charge in [0, 0.05) is 24.2 Å². The van der Waals surface area contributed by atoms with Crippen LogP contribution in [0, 0.1) is 0 Å². The molecule has 0 spiro atoms.